The molecule has 0 unspecified atom stereocenters. The largest absolute Gasteiger partial charge is 0.427 e. The number of rotatable bonds is 5. The van der Waals surface area contributed by atoms with Gasteiger partial charge in [-0.1, -0.05) is 12.1 Å². The molecule has 0 aliphatic heterocycles. The van der Waals surface area contributed by atoms with Crippen molar-refractivity contribution in [2.75, 3.05) is 0 Å². The minimum Gasteiger partial charge on any atom is -0.427 e. The molecule has 28 heavy (non-hydrogen) atoms. The zero-order chi connectivity index (χ0) is 20.3. The number of esters is 1. The van der Waals surface area contributed by atoms with E-state index < -0.39 is 11.5 Å². The minimum absolute atomic E-state index is 0.215. The van der Waals surface area contributed by atoms with Crippen LogP contribution in [0.15, 0.2) is 41.7 Å². The molecule has 0 radical (unpaired) electrons. The highest BCUT2D eigenvalue weighted by atomic mass is 32.1. The van der Waals surface area contributed by atoms with Gasteiger partial charge in [0, 0.05) is 13.0 Å². The Labute approximate surface area is 163 Å². The number of ketones is 1. The maximum absolute atomic E-state index is 12.6. The van der Waals surface area contributed by atoms with Gasteiger partial charge >= 0.3 is 5.97 Å². The quantitative estimate of drug-likeness (QED) is 0.497. The molecular formula is C19H18N4O4S. The Morgan fingerprint density at radius 2 is 1.96 bits per heavy atom. The number of carbonyl (C=O) groups is 2. The first kappa shape index (κ1) is 19.4. The van der Waals surface area contributed by atoms with Crippen molar-refractivity contribution in [2.24, 2.45) is 0 Å². The Kier molecular flexibility index (Phi) is 5.36. The zero-order valence-electron chi connectivity index (χ0n) is 15.5. The molecule has 0 fully saturated rings. The van der Waals surface area contributed by atoms with E-state index in [2.05, 4.69) is 15.1 Å². The number of nitrogens with one attached hydrogen (secondary N) is 1. The number of nitrogens with zero attached hydrogens (tertiary/aromatic N) is 3. The van der Waals surface area contributed by atoms with Crippen LogP contribution < -0.4 is 19.5 Å². The number of carbonyl (C=O) groups excluding carboxylic acids is 2. The summed E-state index contributed by atoms with van der Waals surface area (Å²) in [6, 6.07) is 6.76. The zero-order valence-corrected chi connectivity index (χ0v) is 16.3. The van der Waals surface area contributed by atoms with Crippen LogP contribution in [0.2, 0.25) is 0 Å². The standard InChI is InChI=1S/C19H18N4O4S/c1-12(24)27-14-6-4-13(5-7-14)8-15-18(26)22-17(28-15)9-16(25)19(2,3)23-11-20-10-21-23/h4-11H,1-3H3,(H,22,26)/b15-8-,17-9+. The Balaban J connectivity index is 1.89. The van der Waals surface area contributed by atoms with E-state index >= 15 is 0 Å². The van der Waals surface area contributed by atoms with Gasteiger partial charge in [-0.25, -0.2) is 9.67 Å². The highest BCUT2D eigenvalue weighted by molar-refractivity contribution is 7.07. The number of thiazole rings is 1. The second kappa shape index (κ2) is 7.73. The van der Waals surface area contributed by atoms with E-state index in [1.165, 1.54) is 41.7 Å². The number of H-pyrrole nitrogens is 1. The van der Waals surface area contributed by atoms with Gasteiger partial charge in [0.15, 0.2) is 5.78 Å². The van der Waals surface area contributed by atoms with E-state index in [1.807, 2.05) is 0 Å². The summed E-state index contributed by atoms with van der Waals surface area (Å²) < 4.78 is 7.36. The van der Waals surface area contributed by atoms with Crippen molar-refractivity contribution < 1.29 is 14.3 Å². The van der Waals surface area contributed by atoms with Crippen LogP contribution in [0.4, 0.5) is 0 Å². The first-order valence-electron chi connectivity index (χ1n) is 8.36. The highest BCUT2D eigenvalue weighted by Crippen LogP contribution is 2.15. The summed E-state index contributed by atoms with van der Waals surface area (Å²) in [7, 11) is 0. The van der Waals surface area contributed by atoms with Crippen molar-refractivity contribution in [1.82, 2.24) is 19.7 Å². The van der Waals surface area contributed by atoms with Gasteiger partial charge in [-0.3, -0.25) is 14.4 Å². The molecule has 0 bridgehead atoms. The van der Waals surface area contributed by atoms with Crippen LogP contribution in [0.5, 0.6) is 5.75 Å². The van der Waals surface area contributed by atoms with Gasteiger partial charge in [0.05, 0.1) is 9.20 Å². The highest BCUT2D eigenvalue weighted by Gasteiger charge is 2.28. The molecule has 2 aromatic heterocycles. The number of Topliss-reactive ketones (excluding diaryl/α,β-unsaturated/α-hetero) is 1. The SMILES string of the molecule is CC(=O)Oc1ccc(/C=c2\s/c(=C/C(=O)C(C)(C)n3cncn3)[nH]c2=O)cc1. The lowest BCUT2D eigenvalue weighted by molar-refractivity contribution is -0.131. The Morgan fingerprint density at radius 3 is 2.57 bits per heavy atom. The summed E-state index contributed by atoms with van der Waals surface area (Å²) in [5.41, 5.74) is -0.441. The van der Waals surface area contributed by atoms with E-state index in [0.29, 0.717) is 14.9 Å². The van der Waals surface area contributed by atoms with Crippen LogP contribution in [0.3, 0.4) is 0 Å². The fourth-order valence-corrected chi connectivity index (χ4v) is 3.26. The third-order valence-electron chi connectivity index (χ3n) is 3.98. The minimum atomic E-state index is -0.923. The average Bonchev–Trinajstić information content (AvgIpc) is 3.27. The monoisotopic (exact) mass is 398 g/mol. The van der Waals surface area contributed by atoms with Crippen LogP contribution in [0.25, 0.3) is 12.2 Å². The molecule has 0 aliphatic rings. The van der Waals surface area contributed by atoms with Crippen molar-refractivity contribution in [3.05, 3.63) is 62.0 Å². The predicted molar refractivity (Wildman–Crippen MR) is 104 cm³/mol. The second-order valence-corrected chi connectivity index (χ2v) is 7.58. The molecule has 0 saturated heterocycles. The topological polar surface area (TPSA) is 107 Å². The molecular weight excluding hydrogens is 380 g/mol. The van der Waals surface area contributed by atoms with Crippen LogP contribution in [-0.2, 0) is 15.1 Å². The average molecular weight is 398 g/mol. The molecule has 0 aliphatic carbocycles. The third-order valence-corrected chi connectivity index (χ3v) is 4.94. The molecule has 1 N–H and O–H groups in total. The van der Waals surface area contributed by atoms with Gasteiger partial charge in [0.1, 0.15) is 23.9 Å². The lowest BCUT2D eigenvalue weighted by Gasteiger charge is -2.20. The van der Waals surface area contributed by atoms with Crippen molar-refractivity contribution in [2.45, 2.75) is 26.3 Å². The Morgan fingerprint density at radius 1 is 1.25 bits per heavy atom. The summed E-state index contributed by atoms with van der Waals surface area (Å²) in [6.07, 6.45) is 5.93. The molecule has 2 heterocycles. The lowest BCUT2D eigenvalue weighted by Crippen LogP contribution is -2.36. The maximum Gasteiger partial charge on any atom is 0.308 e. The third kappa shape index (κ3) is 4.32. The Bertz CT molecular complexity index is 1170. The summed E-state index contributed by atoms with van der Waals surface area (Å²) >= 11 is 1.18. The molecule has 0 saturated carbocycles. The number of ether oxygens (including phenoxy) is 1. The summed E-state index contributed by atoms with van der Waals surface area (Å²) in [5.74, 6) is -0.183. The van der Waals surface area contributed by atoms with Gasteiger partial charge in [0.25, 0.3) is 5.56 Å². The van der Waals surface area contributed by atoms with E-state index in [4.69, 9.17) is 4.74 Å². The molecule has 144 valence electrons. The normalized spacial score (nSPS) is 13.0. The molecule has 0 amide bonds. The second-order valence-electron chi connectivity index (χ2n) is 6.50. The fourth-order valence-electron chi connectivity index (χ4n) is 2.38. The number of aromatic amines is 1. The summed E-state index contributed by atoms with van der Waals surface area (Å²) in [4.78, 5) is 42.3. The number of benzene rings is 1. The molecule has 0 atom stereocenters. The lowest BCUT2D eigenvalue weighted by atomic mass is 10.00. The molecule has 1 aromatic carbocycles. The van der Waals surface area contributed by atoms with Crippen molar-refractivity contribution >= 4 is 35.2 Å². The van der Waals surface area contributed by atoms with Gasteiger partial charge in [-0.15, -0.1) is 11.3 Å². The van der Waals surface area contributed by atoms with Crippen molar-refractivity contribution in [3.8, 4) is 5.75 Å². The van der Waals surface area contributed by atoms with Gasteiger partial charge in [0.2, 0.25) is 0 Å². The van der Waals surface area contributed by atoms with Crippen molar-refractivity contribution in [1.29, 1.82) is 0 Å². The fraction of sp³-hybridized carbons (Fsp3) is 0.211. The van der Waals surface area contributed by atoms with Crippen molar-refractivity contribution in [3.63, 3.8) is 0 Å². The van der Waals surface area contributed by atoms with Crippen LogP contribution in [0, 0.1) is 0 Å². The molecule has 0 spiro atoms. The molecule has 9 heteroatoms. The van der Waals surface area contributed by atoms with E-state index in [9.17, 15) is 14.4 Å². The summed E-state index contributed by atoms with van der Waals surface area (Å²) in [5, 5.41) is 4.01. The van der Waals surface area contributed by atoms with E-state index in [-0.39, 0.29) is 11.3 Å². The molecule has 3 aromatic rings. The Hall–Kier alpha value is -3.33. The van der Waals surface area contributed by atoms with E-state index in [1.54, 1.807) is 44.2 Å². The van der Waals surface area contributed by atoms with Gasteiger partial charge in [-0.2, -0.15) is 5.10 Å². The van der Waals surface area contributed by atoms with Crippen LogP contribution in [0.1, 0.15) is 26.3 Å². The van der Waals surface area contributed by atoms with Crippen LogP contribution >= 0.6 is 11.3 Å². The summed E-state index contributed by atoms with van der Waals surface area (Å²) in [6.45, 7) is 4.78. The van der Waals surface area contributed by atoms with Crippen LogP contribution in [-0.4, -0.2) is 31.5 Å². The first-order chi connectivity index (χ1) is 13.3. The van der Waals surface area contributed by atoms with Gasteiger partial charge in [-0.05, 0) is 37.6 Å². The van der Waals surface area contributed by atoms with E-state index in [0.717, 1.165) is 5.56 Å². The molecule has 3 rings (SSSR count). The molecule has 8 nitrogen and oxygen atoms in total. The maximum atomic E-state index is 12.6. The number of hydrogen-bond donors (Lipinski definition) is 1. The predicted octanol–water partition coefficient (Wildman–Crippen LogP) is 0.567. The number of hydrogen-bond acceptors (Lipinski definition) is 7. The smallest absolute Gasteiger partial charge is 0.308 e. The number of aromatic nitrogens is 4. The van der Waals surface area contributed by atoms with Gasteiger partial charge < -0.3 is 9.72 Å². The first-order valence-corrected chi connectivity index (χ1v) is 9.18.